The fourth-order valence-electron chi connectivity index (χ4n) is 2.81. The first-order chi connectivity index (χ1) is 10.7. The molecule has 0 bridgehead atoms. The Bertz CT molecular complexity index is 605. The second kappa shape index (κ2) is 6.77. The van der Waals surface area contributed by atoms with E-state index in [-0.39, 0.29) is 0 Å². The minimum atomic E-state index is 0.801. The van der Waals surface area contributed by atoms with Crippen molar-refractivity contribution >= 4 is 11.8 Å². The summed E-state index contributed by atoms with van der Waals surface area (Å²) >= 11 is 0. The number of aromatic nitrogens is 4. The summed E-state index contributed by atoms with van der Waals surface area (Å²) in [5.41, 5.74) is 2.54. The number of nitrogens with one attached hydrogen (secondary N) is 1. The third-order valence-electron chi connectivity index (χ3n) is 3.99. The number of aryl methyl sites for hydroxylation is 2. The van der Waals surface area contributed by atoms with Gasteiger partial charge in [-0.05, 0) is 38.2 Å². The van der Waals surface area contributed by atoms with E-state index in [2.05, 4.69) is 10.4 Å². The molecule has 22 heavy (non-hydrogen) atoms. The normalized spacial score (nSPS) is 13.7. The van der Waals surface area contributed by atoms with Crippen molar-refractivity contribution in [3.05, 3.63) is 29.7 Å². The minimum Gasteiger partial charge on any atom is -0.370 e. The van der Waals surface area contributed by atoms with E-state index in [4.69, 9.17) is 9.97 Å². The van der Waals surface area contributed by atoms with Crippen molar-refractivity contribution in [3.8, 4) is 0 Å². The molecule has 0 amide bonds. The third kappa shape index (κ3) is 3.37. The SMILES string of the molecule is CN(C)c1nc2c(c(NCCCn3cccn3)n1)CCCC2. The highest BCUT2D eigenvalue weighted by atomic mass is 15.3. The van der Waals surface area contributed by atoms with Crippen LogP contribution in [-0.2, 0) is 19.4 Å². The number of hydrogen-bond donors (Lipinski definition) is 1. The second-order valence-electron chi connectivity index (χ2n) is 5.95. The van der Waals surface area contributed by atoms with Crippen molar-refractivity contribution in [2.45, 2.75) is 38.6 Å². The summed E-state index contributed by atoms with van der Waals surface area (Å²) in [6.45, 7) is 1.82. The molecule has 118 valence electrons. The summed E-state index contributed by atoms with van der Waals surface area (Å²) < 4.78 is 1.96. The van der Waals surface area contributed by atoms with Crippen molar-refractivity contribution in [1.29, 1.82) is 0 Å². The van der Waals surface area contributed by atoms with Gasteiger partial charge >= 0.3 is 0 Å². The van der Waals surface area contributed by atoms with Crippen LogP contribution in [0.2, 0.25) is 0 Å². The van der Waals surface area contributed by atoms with Gasteiger partial charge in [0.05, 0.1) is 5.69 Å². The van der Waals surface area contributed by atoms with Crippen LogP contribution in [0.4, 0.5) is 11.8 Å². The van der Waals surface area contributed by atoms with Crippen LogP contribution in [0.25, 0.3) is 0 Å². The predicted octanol–water partition coefficient (Wildman–Crippen LogP) is 2.12. The van der Waals surface area contributed by atoms with Crippen LogP contribution in [0.5, 0.6) is 0 Å². The average molecular weight is 300 g/mol. The Morgan fingerprint density at radius 2 is 2.09 bits per heavy atom. The van der Waals surface area contributed by atoms with Crippen LogP contribution in [0.15, 0.2) is 18.5 Å². The average Bonchev–Trinajstić information content (AvgIpc) is 3.04. The van der Waals surface area contributed by atoms with Crippen LogP contribution >= 0.6 is 0 Å². The van der Waals surface area contributed by atoms with E-state index in [1.807, 2.05) is 42.1 Å². The fraction of sp³-hybridized carbons (Fsp3) is 0.562. The first-order valence-corrected chi connectivity index (χ1v) is 8.02. The molecule has 1 aliphatic rings. The molecule has 0 aliphatic heterocycles. The molecule has 0 unspecified atom stereocenters. The van der Waals surface area contributed by atoms with Gasteiger partial charge in [0, 0.05) is 45.1 Å². The Balaban J connectivity index is 1.67. The van der Waals surface area contributed by atoms with Gasteiger partial charge in [0.15, 0.2) is 0 Å². The minimum absolute atomic E-state index is 0.801. The van der Waals surface area contributed by atoms with E-state index in [9.17, 15) is 0 Å². The number of anilines is 2. The van der Waals surface area contributed by atoms with Crippen LogP contribution in [-0.4, -0.2) is 40.4 Å². The highest BCUT2D eigenvalue weighted by Gasteiger charge is 2.18. The molecule has 0 saturated heterocycles. The molecule has 0 saturated carbocycles. The molecule has 6 heteroatoms. The predicted molar refractivity (Wildman–Crippen MR) is 88.3 cm³/mol. The quantitative estimate of drug-likeness (QED) is 0.828. The number of fused-ring (bicyclic) bond motifs is 1. The Morgan fingerprint density at radius 1 is 1.23 bits per heavy atom. The lowest BCUT2D eigenvalue weighted by atomic mass is 9.96. The van der Waals surface area contributed by atoms with Gasteiger partial charge in [0.1, 0.15) is 5.82 Å². The molecular formula is C16H24N6. The lowest BCUT2D eigenvalue weighted by Gasteiger charge is -2.21. The lowest BCUT2D eigenvalue weighted by Crippen LogP contribution is -2.19. The van der Waals surface area contributed by atoms with Gasteiger partial charge in [-0.25, -0.2) is 4.98 Å². The molecule has 1 N–H and O–H groups in total. The molecule has 0 radical (unpaired) electrons. The summed E-state index contributed by atoms with van der Waals surface area (Å²) in [6.07, 6.45) is 9.46. The van der Waals surface area contributed by atoms with Crippen molar-refractivity contribution in [1.82, 2.24) is 19.7 Å². The van der Waals surface area contributed by atoms with Crippen LogP contribution in [0, 0.1) is 0 Å². The standard InChI is InChI=1S/C16H24N6/c1-21(2)16-19-14-8-4-3-7-13(14)15(20-16)17-9-5-11-22-12-6-10-18-22/h6,10,12H,3-5,7-9,11H2,1-2H3,(H,17,19,20). The Hall–Kier alpha value is -2.11. The number of hydrogen-bond acceptors (Lipinski definition) is 5. The largest absolute Gasteiger partial charge is 0.370 e. The van der Waals surface area contributed by atoms with Gasteiger partial charge in [-0.3, -0.25) is 4.68 Å². The zero-order chi connectivity index (χ0) is 15.4. The Morgan fingerprint density at radius 3 is 2.86 bits per heavy atom. The monoisotopic (exact) mass is 300 g/mol. The van der Waals surface area contributed by atoms with Crippen LogP contribution in [0.3, 0.4) is 0 Å². The Kier molecular flexibility index (Phi) is 4.56. The van der Waals surface area contributed by atoms with Crippen LogP contribution < -0.4 is 10.2 Å². The van der Waals surface area contributed by atoms with E-state index < -0.39 is 0 Å². The van der Waals surface area contributed by atoms with Crippen molar-refractivity contribution in [2.24, 2.45) is 0 Å². The second-order valence-corrected chi connectivity index (χ2v) is 5.95. The van der Waals surface area contributed by atoms with Gasteiger partial charge in [-0.15, -0.1) is 0 Å². The summed E-state index contributed by atoms with van der Waals surface area (Å²) in [4.78, 5) is 11.4. The molecule has 2 aromatic heterocycles. The van der Waals surface area contributed by atoms with Gasteiger partial charge in [-0.2, -0.15) is 10.1 Å². The van der Waals surface area contributed by atoms with E-state index in [1.54, 1.807) is 0 Å². The highest BCUT2D eigenvalue weighted by Crippen LogP contribution is 2.27. The third-order valence-corrected chi connectivity index (χ3v) is 3.99. The van der Waals surface area contributed by atoms with Gasteiger partial charge < -0.3 is 10.2 Å². The van der Waals surface area contributed by atoms with Crippen molar-refractivity contribution < 1.29 is 0 Å². The molecule has 2 heterocycles. The summed E-state index contributed by atoms with van der Waals surface area (Å²) in [5, 5.41) is 7.74. The molecule has 1 aliphatic carbocycles. The molecule has 0 aromatic carbocycles. The van der Waals surface area contributed by atoms with Gasteiger partial charge in [0.2, 0.25) is 5.95 Å². The zero-order valence-corrected chi connectivity index (χ0v) is 13.4. The molecule has 6 nitrogen and oxygen atoms in total. The highest BCUT2D eigenvalue weighted by molar-refractivity contribution is 5.52. The van der Waals surface area contributed by atoms with E-state index in [1.165, 1.54) is 24.1 Å². The maximum Gasteiger partial charge on any atom is 0.227 e. The fourth-order valence-corrected chi connectivity index (χ4v) is 2.81. The smallest absolute Gasteiger partial charge is 0.227 e. The molecular weight excluding hydrogens is 276 g/mol. The summed E-state index contributed by atoms with van der Waals surface area (Å²) in [6, 6.07) is 1.96. The first-order valence-electron chi connectivity index (χ1n) is 8.02. The molecule has 3 rings (SSSR count). The Labute approximate surface area is 131 Å². The first kappa shape index (κ1) is 14.8. The van der Waals surface area contributed by atoms with Crippen molar-refractivity contribution in [3.63, 3.8) is 0 Å². The molecule has 0 fully saturated rings. The maximum atomic E-state index is 4.70. The van der Waals surface area contributed by atoms with Crippen LogP contribution in [0.1, 0.15) is 30.5 Å². The topological polar surface area (TPSA) is 58.9 Å². The lowest BCUT2D eigenvalue weighted by molar-refractivity contribution is 0.590. The van der Waals surface area contributed by atoms with Gasteiger partial charge in [-0.1, -0.05) is 0 Å². The summed E-state index contributed by atoms with van der Waals surface area (Å²) in [7, 11) is 3.98. The maximum absolute atomic E-state index is 4.70. The summed E-state index contributed by atoms with van der Waals surface area (Å²) in [5.74, 6) is 1.82. The van der Waals surface area contributed by atoms with Gasteiger partial charge in [0.25, 0.3) is 0 Å². The molecule has 0 spiro atoms. The molecule has 2 aromatic rings. The zero-order valence-electron chi connectivity index (χ0n) is 13.4. The van der Waals surface area contributed by atoms with E-state index in [0.717, 1.165) is 44.1 Å². The van der Waals surface area contributed by atoms with Crippen molar-refractivity contribution in [2.75, 3.05) is 30.9 Å². The number of rotatable bonds is 6. The number of nitrogens with zero attached hydrogens (tertiary/aromatic N) is 5. The van der Waals surface area contributed by atoms with E-state index >= 15 is 0 Å². The molecule has 0 atom stereocenters. The van der Waals surface area contributed by atoms with E-state index in [0.29, 0.717) is 0 Å².